The molecule has 0 spiro atoms. The lowest BCUT2D eigenvalue weighted by Crippen LogP contribution is -2.46. The van der Waals surface area contributed by atoms with Crippen LogP contribution in [0.4, 0.5) is 0 Å². The van der Waals surface area contributed by atoms with Gasteiger partial charge in [-0.3, -0.25) is 4.90 Å². The molecule has 84 valence electrons. The molecule has 1 aliphatic carbocycles. The Morgan fingerprint density at radius 2 is 2.27 bits per heavy atom. The Labute approximate surface area is 98.9 Å². The number of halogens is 1. The number of hydrogen-bond acceptors (Lipinski definition) is 3. The molecule has 0 saturated heterocycles. The molecule has 4 heteroatoms. The molecule has 0 radical (unpaired) electrons. The van der Waals surface area contributed by atoms with Crippen molar-refractivity contribution >= 4 is 15.9 Å². The fourth-order valence-corrected chi connectivity index (χ4v) is 2.59. The molecule has 0 N–H and O–H groups in total. The Morgan fingerprint density at radius 1 is 1.60 bits per heavy atom. The molecule has 0 aliphatic heterocycles. The minimum atomic E-state index is 0.529. The Balaban J connectivity index is 1.86. The van der Waals surface area contributed by atoms with E-state index in [2.05, 4.69) is 46.9 Å². The summed E-state index contributed by atoms with van der Waals surface area (Å²) in [7, 11) is 2.15. The molecule has 2 rings (SSSR count). The van der Waals surface area contributed by atoms with Crippen LogP contribution in [0.3, 0.4) is 0 Å². The SMILES string of the molecule is CN(Cc1cc(Br)no1)C1CC(C)(C)C1. The van der Waals surface area contributed by atoms with Crippen molar-refractivity contribution in [3.05, 3.63) is 16.4 Å². The van der Waals surface area contributed by atoms with E-state index in [4.69, 9.17) is 4.52 Å². The van der Waals surface area contributed by atoms with Gasteiger partial charge in [0.05, 0.1) is 6.54 Å². The highest BCUT2D eigenvalue weighted by atomic mass is 79.9. The average molecular weight is 273 g/mol. The standard InChI is InChI=1S/C11H17BrN2O/c1-11(2)5-8(6-11)14(3)7-9-4-10(12)13-15-9/h4,8H,5-7H2,1-3H3. The van der Waals surface area contributed by atoms with Gasteiger partial charge in [-0.1, -0.05) is 19.0 Å². The first-order valence-electron chi connectivity index (χ1n) is 5.28. The Hall–Kier alpha value is -0.350. The highest BCUT2D eigenvalue weighted by Crippen LogP contribution is 2.42. The maximum absolute atomic E-state index is 5.17. The maximum atomic E-state index is 5.17. The maximum Gasteiger partial charge on any atom is 0.151 e. The van der Waals surface area contributed by atoms with Gasteiger partial charge in [0.1, 0.15) is 4.60 Å². The van der Waals surface area contributed by atoms with Crippen molar-refractivity contribution in [2.24, 2.45) is 5.41 Å². The van der Waals surface area contributed by atoms with Gasteiger partial charge < -0.3 is 4.52 Å². The number of nitrogens with zero attached hydrogens (tertiary/aromatic N) is 2. The van der Waals surface area contributed by atoms with E-state index in [-0.39, 0.29) is 0 Å². The summed E-state index contributed by atoms with van der Waals surface area (Å²) in [5.74, 6) is 0.925. The summed E-state index contributed by atoms with van der Waals surface area (Å²) in [4.78, 5) is 2.35. The van der Waals surface area contributed by atoms with E-state index in [1.165, 1.54) is 12.8 Å². The zero-order chi connectivity index (χ0) is 11.1. The summed E-state index contributed by atoms with van der Waals surface area (Å²) >= 11 is 3.28. The lowest BCUT2D eigenvalue weighted by molar-refractivity contribution is 0.0329. The molecule has 1 aliphatic rings. The van der Waals surface area contributed by atoms with Crippen LogP contribution in [0.2, 0.25) is 0 Å². The molecule has 0 atom stereocenters. The molecule has 0 amide bonds. The molecule has 1 aromatic heterocycles. The molecule has 0 unspecified atom stereocenters. The fourth-order valence-electron chi connectivity index (χ4n) is 2.26. The Morgan fingerprint density at radius 3 is 2.73 bits per heavy atom. The van der Waals surface area contributed by atoms with Crippen molar-refractivity contribution < 1.29 is 4.52 Å². The summed E-state index contributed by atoms with van der Waals surface area (Å²) in [6.45, 7) is 5.49. The van der Waals surface area contributed by atoms with Crippen LogP contribution in [0.25, 0.3) is 0 Å². The highest BCUT2D eigenvalue weighted by Gasteiger charge is 2.38. The van der Waals surface area contributed by atoms with Crippen molar-refractivity contribution in [3.63, 3.8) is 0 Å². The summed E-state index contributed by atoms with van der Waals surface area (Å²) in [6.07, 6.45) is 2.55. The van der Waals surface area contributed by atoms with Crippen molar-refractivity contribution in [2.75, 3.05) is 7.05 Å². The smallest absolute Gasteiger partial charge is 0.151 e. The molecule has 1 heterocycles. The van der Waals surface area contributed by atoms with E-state index in [1.54, 1.807) is 0 Å². The summed E-state index contributed by atoms with van der Waals surface area (Å²) in [6, 6.07) is 2.63. The predicted molar refractivity (Wildman–Crippen MR) is 62.5 cm³/mol. The van der Waals surface area contributed by atoms with Crippen molar-refractivity contribution in [1.29, 1.82) is 0 Å². The molecular weight excluding hydrogens is 256 g/mol. The zero-order valence-corrected chi connectivity index (χ0v) is 11.0. The first kappa shape index (κ1) is 11.1. The normalized spacial score (nSPS) is 20.6. The summed E-state index contributed by atoms with van der Waals surface area (Å²) in [5.41, 5.74) is 0.529. The van der Waals surface area contributed by atoms with E-state index < -0.39 is 0 Å². The van der Waals surface area contributed by atoms with E-state index in [9.17, 15) is 0 Å². The average Bonchev–Trinajstić information content (AvgIpc) is 2.46. The van der Waals surface area contributed by atoms with Gasteiger partial charge in [-0.15, -0.1) is 0 Å². The largest absolute Gasteiger partial charge is 0.359 e. The predicted octanol–water partition coefficient (Wildman–Crippen LogP) is 3.06. The van der Waals surface area contributed by atoms with Gasteiger partial charge in [-0.2, -0.15) is 0 Å². The molecular formula is C11H17BrN2O. The molecule has 1 fully saturated rings. The lowest BCUT2D eigenvalue weighted by atomic mass is 9.68. The molecule has 0 aromatic carbocycles. The molecule has 15 heavy (non-hydrogen) atoms. The summed E-state index contributed by atoms with van der Waals surface area (Å²) < 4.78 is 5.94. The van der Waals surface area contributed by atoms with Crippen molar-refractivity contribution in [2.45, 2.75) is 39.3 Å². The number of rotatable bonds is 3. The van der Waals surface area contributed by atoms with Gasteiger partial charge in [-0.05, 0) is 41.2 Å². The first-order valence-corrected chi connectivity index (χ1v) is 6.07. The van der Waals surface area contributed by atoms with Crippen LogP contribution in [-0.4, -0.2) is 23.1 Å². The van der Waals surface area contributed by atoms with Crippen LogP contribution in [0.1, 0.15) is 32.4 Å². The third-order valence-corrected chi connectivity index (χ3v) is 3.51. The van der Waals surface area contributed by atoms with Crippen LogP contribution in [-0.2, 0) is 6.54 Å². The van der Waals surface area contributed by atoms with Gasteiger partial charge in [0.25, 0.3) is 0 Å². The van der Waals surface area contributed by atoms with Gasteiger partial charge in [0.2, 0.25) is 0 Å². The lowest BCUT2D eigenvalue weighted by Gasteiger charge is -2.46. The van der Waals surface area contributed by atoms with Gasteiger partial charge >= 0.3 is 0 Å². The molecule has 1 aromatic rings. The minimum absolute atomic E-state index is 0.529. The third kappa shape index (κ3) is 2.61. The Bertz CT molecular complexity index is 340. The second kappa shape index (κ2) is 3.91. The third-order valence-electron chi connectivity index (χ3n) is 3.14. The monoisotopic (exact) mass is 272 g/mol. The topological polar surface area (TPSA) is 29.3 Å². The fraction of sp³-hybridized carbons (Fsp3) is 0.727. The number of aromatic nitrogens is 1. The van der Waals surface area contributed by atoms with Crippen LogP contribution >= 0.6 is 15.9 Å². The summed E-state index contributed by atoms with van der Waals surface area (Å²) in [5, 5.41) is 3.82. The van der Waals surface area contributed by atoms with Crippen molar-refractivity contribution in [3.8, 4) is 0 Å². The molecule has 3 nitrogen and oxygen atoms in total. The van der Waals surface area contributed by atoms with Gasteiger partial charge in [0, 0.05) is 12.1 Å². The second-order valence-corrected chi connectivity index (χ2v) is 6.07. The van der Waals surface area contributed by atoms with E-state index in [1.807, 2.05) is 6.07 Å². The zero-order valence-electron chi connectivity index (χ0n) is 9.46. The first-order chi connectivity index (χ1) is 6.96. The molecule has 1 saturated carbocycles. The number of hydrogen-bond donors (Lipinski definition) is 0. The van der Waals surface area contributed by atoms with Crippen LogP contribution in [0.5, 0.6) is 0 Å². The van der Waals surface area contributed by atoms with Crippen LogP contribution in [0.15, 0.2) is 15.2 Å². The highest BCUT2D eigenvalue weighted by molar-refractivity contribution is 9.10. The van der Waals surface area contributed by atoms with Crippen LogP contribution in [0, 0.1) is 5.41 Å². The van der Waals surface area contributed by atoms with E-state index >= 15 is 0 Å². The quantitative estimate of drug-likeness (QED) is 0.847. The Kier molecular flexibility index (Phi) is 2.90. The minimum Gasteiger partial charge on any atom is -0.359 e. The molecule has 0 bridgehead atoms. The second-order valence-electron chi connectivity index (χ2n) is 5.26. The van der Waals surface area contributed by atoms with Gasteiger partial charge in [-0.25, -0.2) is 0 Å². The van der Waals surface area contributed by atoms with E-state index in [0.717, 1.165) is 16.9 Å². The van der Waals surface area contributed by atoms with E-state index in [0.29, 0.717) is 11.5 Å². The van der Waals surface area contributed by atoms with Crippen molar-refractivity contribution in [1.82, 2.24) is 10.1 Å². The van der Waals surface area contributed by atoms with Gasteiger partial charge in [0.15, 0.2) is 5.76 Å². The van der Waals surface area contributed by atoms with Crippen LogP contribution < -0.4 is 0 Å².